The Morgan fingerprint density at radius 3 is 2.50 bits per heavy atom. The van der Waals surface area contributed by atoms with Crippen molar-refractivity contribution in [1.82, 2.24) is 5.32 Å². The van der Waals surface area contributed by atoms with Crippen LogP contribution in [0.4, 0.5) is 0 Å². The van der Waals surface area contributed by atoms with Crippen molar-refractivity contribution in [1.29, 1.82) is 5.26 Å². The fourth-order valence-electron chi connectivity index (χ4n) is 1.62. The summed E-state index contributed by atoms with van der Waals surface area (Å²) < 4.78 is 5.58. The van der Waals surface area contributed by atoms with Gasteiger partial charge in [0.2, 0.25) is 5.91 Å². The normalized spacial score (nSPS) is 11.8. The van der Waals surface area contributed by atoms with Gasteiger partial charge in [-0.2, -0.15) is 5.26 Å². The van der Waals surface area contributed by atoms with Crippen molar-refractivity contribution in [2.45, 2.75) is 39.7 Å². The summed E-state index contributed by atoms with van der Waals surface area (Å²) in [7, 11) is 0. The average molecular weight is 274 g/mol. The van der Waals surface area contributed by atoms with E-state index in [1.165, 1.54) is 0 Å². The number of nitrogens with zero attached hydrogens (tertiary/aromatic N) is 1. The van der Waals surface area contributed by atoms with E-state index in [4.69, 9.17) is 10.00 Å². The molecule has 4 nitrogen and oxygen atoms in total. The Balaban J connectivity index is 2.49. The number of benzene rings is 1. The first-order valence-electron chi connectivity index (χ1n) is 6.95. The van der Waals surface area contributed by atoms with Crippen molar-refractivity contribution in [2.24, 2.45) is 5.92 Å². The summed E-state index contributed by atoms with van der Waals surface area (Å²) in [5.41, 5.74) is 0.909. The average Bonchev–Trinajstić information content (AvgIpc) is 2.44. The highest BCUT2D eigenvalue weighted by atomic mass is 16.5. The molecule has 1 atom stereocenters. The van der Waals surface area contributed by atoms with E-state index in [1.807, 2.05) is 31.2 Å². The third kappa shape index (κ3) is 5.75. The van der Waals surface area contributed by atoms with Gasteiger partial charge in [0.15, 0.2) is 0 Å². The zero-order chi connectivity index (χ0) is 15.0. The van der Waals surface area contributed by atoms with Crippen molar-refractivity contribution >= 4 is 5.91 Å². The van der Waals surface area contributed by atoms with Gasteiger partial charge in [-0.05, 0) is 30.0 Å². The summed E-state index contributed by atoms with van der Waals surface area (Å²) in [6.45, 7) is 6.74. The minimum Gasteiger partial charge on any atom is -0.493 e. The van der Waals surface area contributed by atoms with Gasteiger partial charge < -0.3 is 10.1 Å². The van der Waals surface area contributed by atoms with Crippen molar-refractivity contribution in [3.8, 4) is 11.8 Å². The lowest BCUT2D eigenvalue weighted by Crippen LogP contribution is -2.34. The molecule has 1 rings (SSSR count). The predicted octanol–water partition coefficient (Wildman–Crippen LogP) is 2.68. The highest BCUT2D eigenvalue weighted by molar-refractivity contribution is 5.79. The third-order valence-electron chi connectivity index (χ3n) is 2.77. The number of carbonyl (C=O) groups excluding carboxylic acids is 1. The molecule has 0 aliphatic carbocycles. The van der Waals surface area contributed by atoms with Crippen LogP contribution in [0.2, 0.25) is 0 Å². The van der Waals surface area contributed by atoms with Crippen LogP contribution in [-0.4, -0.2) is 18.6 Å². The van der Waals surface area contributed by atoms with Gasteiger partial charge >= 0.3 is 0 Å². The van der Waals surface area contributed by atoms with Crippen LogP contribution in [0, 0.1) is 17.2 Å². The van der Waals surface area contributed by atoms with E-state index < -0.39 is 6.04 Å². The van der Waals surface area contributed by atoms with E-state index in [9.17, 15) is 4.79 Å². The van der Waals surface area contributed by atoms with Crippen LogP contribution < -0.4 is 10.1 Å². The molecule has 0 radical (unpaired) electrons. The van der Waals surface area contributed by atoms with Crippen LogP contribution in [-0.2, 0) is 11.2 Å². The van der Waals surface area contributed by atoms with Crippen LogP contribution in [0.15, 0.2) is 24.3 Å². The number of hydrogen-bond acceptors (Lipinski definition) is 3. The molecule has 0 aliphatic heterocycles. The second-order valence-corrected chi connectivity index (χ2v) is 5.18. The summed E-state index contributed by atoms with van der Waals surface area (Å²) in [4.78, 5) is 11.7. The Labute approximate surface area is 120 Å². The molecule has 1 N–H and O–H groups in total. The summed E-state index contributed by atoms with van der Waals surface area (Å²) in [6.07, 6.45) is 0.896. The van der Waals surface area contributed by atoms with Crippen molar-refractivity contribution in [3.63, 3.8) is 0 Å². The minimum atomic E-state index is -0.406. The SMILES string of the molecule is CC[C@@H](C#N)NC(=O)Cc1ccc(OCC(C)C)cc1. The molecule has 108 valence electrons. The van der Waals surface area contributed by atoms with Gasteiger partial charge in [-0.3, -0.25) is 4.79 Å². The molecular weight excluding hydrogens is 252 g/mol. The maximum atomic E-state index is 11.7. The molecule has 0 saturated carbocycles. The Morgan fingerprint density at radius 1 is 1.35 bits per heavy atom. The van der Waals surface area contributed by atoms with Gasteiger partial charge in [0.05, 0.1) is 19.1 Å². The Bertz CT molecular complexity index is 460. The second-order valence-electron chi connectivity index (χ2n) is 5.18. The molecule has 0 saturated heterocycles. The van der Waals surface area contributed by atoms with E-state index in [-0.39, 0.29) is 12.3 Å². The van der Waals surface area contributed by atoms with Crippen LogP contribution in [0.25, 0.3) is 0 Å². The van der Waals surface area contributed by atoms with E-state index in [0.29, 0.717) is 18.9 Å². The zero-order valence-electron chi connectivity index (χ0n) is 12.3. The number of ether oxygens (including phenoxy) is 1. The summed E-state index contributed by atoms with van der Waals surface area (Å²) >= 11 is 0. The maximum Gasteiger partial charge on any atom is 0.225 e. The highest BCUT2D eigenvalue weighted by Crippen LogP contribution is 2.13. The van der Waals surface area contributed by atoms with E-state index in [1.54, 1.807) is 0 Å². The summed E-state index contributed by atoms with van der Waals surface area (Å²) in [5.74, 6) is 1.16. The first kappa shape index (κ1) is 16.0. The van der Waals surface area contributed by atoms with Gasteiger partial charge in [0.25, 0.3) is 0 Å². The minimum absolute atomic E-state index is 0.130. The standard InChI is InChI=1S/C16H22N2O2/c1-4-14(10-17)18-16(19)9-13-5-7-15(8-6-13)20-11-12(2)3/h5-8,12,14H,4,9,11H2,1-3H3,(H,18,19)/t14-/m0/s1. The van der Waals surface area contributed by atoms with E-state index >= 15 is 0 Å². The second kappa shape index (κ2) is 8.21. The lowest BCUT2D eigenvalue weighted by molar-refractivity contribution is -0.120. The molecule has 1 amide bonds. The molecule has 0 fully saturated rings. The Kier molecular flexibility index (Phi) is 6.58. The first-order chi connectivity index (χ1) is 9.55. The molecule has 0 aliphatic rings. The predicted molar refractivity (Wildman–Crippen MR) is 78.3 cm³/mol. The largest absolute Gasteiger partial charge is 0.493 e. The summed E-state index contributed by atoms with van der Waals surface area (Å²) in [6, 6.07) is 9.14. The third-order valence-corrected chi connectivity index (χ3v) is 2.77. The maximum absolute atomic E-state index is 11.7. The highest BCUT2D eigenvalue weighted by Gasteiger charge is 2.09. The molecule has 1 aromatic rings. The lowest BCUT2D eigenvalue weighted by atomic mass is 10.1. The van der Waals surface area contributed by atoms with Gasteiger partial charge in [-0.1, -0.05) is 32.9 Å². The molecule has 0 bridgehead atoms. The Hall–Kier alpha value is -2.02. The number of rotatable bonds is 7. The number of carbonyl (C=O) groups is 1. The van der Waals surface area contributed by atoms with Crippen LogP contribution in [0.3, 0.4) is 0 Å². The van der Waals surface area contributed by atoms with Crippen molar-refractivity contribution in [3.05, 3.63) is 29.8 Å². The molecule has 1 aromatic carbocycles. The van der Waals surface area contributed by atoms with Crippen LogP contribution in [0.1, 0.15) is 32.8 Å². The van der Waals surface area contributed by atoms with Gasteiger partial charge in [-0.25, -0.2) is 0 Å². The lowest BCUT2D eigenvalue weighted by Gasteiger charge is -2.10. The fraction of sp³-hybridized carbons (Fsp3) is 0.500. The monoisotopic (exact) mass is 274 g/mol. The van der Waals surface area contributed by atoms with E-state index in [0.717, 1.165) is 11.3 Å². The van der Waals surface area contributed by atoms with Gasteiger partial charge in [-0.15, -0.1) is 0 Å². The molecular formula is C16H22N2O2. The number of amides is 1. The topological polar surface area (TPSA) is 62.1 Å². The van der Waals surface area contributed by atoms with Crippen molar-refractivity contribution in [2.75, 3.05) is 6.61 Å². The smallest absolute Gasteiger partial charge is 0.225 e. The molecule has 4 heteroatoms. The quantitative estimate of drug-likeness (QED) is 0.831. The number of nitrogens with one attached hydrogen (secondary N) is 1. The van der Waals surface area contributed by atoms with Crippen LogP contribution >= 0.6 is 0 Å². The molecule has 0 aromatic heterocycles. The van der Waals surface area contributed by atoms with Gasteiger partial charge in [0, 0.05) is 0 Å². The van der Waals surface area contributed by atoms with Crippen LogP contribution in [0.5, 0.6) is 5.75 Å². The molecule has 0 spiro atoms. The molecule has 0 heterocycles. The first-order valence-corrected chi connectivity index (χ1v) is 6.95. The number of hydrogen-bond donors (Lipinski definition) is 1. The molecule has 20 heavy (non-hydrogen) atoms. The molecule has 0 unspecified atom stereocenters. The Morgan fingerprint density at radius 2 is 2.00 bits per heavy atom. The van der Waals surface area contributed by atoms with Gasteiger partial charge in [0.1, 0.15) is 11.8 Å². The summed E-state index contributed by atoms with van der Waals surface area (Å²) in [5, 5.41) is 11.5. The zero-order valence-corrected chi connectivity index (χ0v) is 12.3. The van der Waals surface area contributed by atoms with E-state index in [2.05, 4.69) is 25.2 Å². The van der Waals surface area contributed by atoms with Crippen molar-refractivity contribution < 1.29 is 9.53 Å². The fourth-order valence-corrected chi connectivity index (χ4v) is 1.62. The number of nitriles is 1.